The Labute approximate surface area is 113 Å². The van der Waals surface area contributed by atoms with Crippen LogP contribution >= 0.6 is 0 Å². The summed E-state index contributed by atoms with van der Waals surface area (Å²) in [6.07, 6.45) is 1.11. The highest BCUT2D eigenvalue weighted by molar-refractivity contribution is 5.74. The van der Waals surface area contributed by atoms with Crippen molar-refractivity contribution in [2.75, 3.05) is 0 Å². The Morgan fingerprint density at radius 3 is 2.80 bits per heavy atom. The van der Waals surface area contributed by atoms with Gasteiger partial charge in [-0.25, -0.2) is 5.48 Å². The Hall–Kier alpha value is -2.81. The highest BCUT2D eigenvalue weighted by Gasteiger charge is 2.15. The standard InChI is InChI=1S/C11H11N5O4/c17-10(6-15-8-12-11(13-15)16(18)19)14-20-7-9-4-2-1-3-5-9/h1-5,8H,6-7H2,(H,14,17). The second kappa shape index (κ2) is 6.38. The maximum Gasteiger partial charge on any atom is 0.490 e. The zero-order valence-electron chi connectivity index (χ0n) is 10.3. The molecule has 9 heteroatoms. The van der Waals surface area contributed by atoms with E-state index in [-0.39, 0.29) is 13.2 Å². The van der Waals surface area contributed by atoms with Gasteiger partial charge in [0.2, 0.25) is 6.33 Å². The lowest BCUT2D eigenvalue weighted by Gasteiger charge is -2.04. The van der Waals surface area contributed by atoms with Crippen molar-refractivity contribution in [1.29, 1.82) is 0 Å². The fourth-order valence-electron chi connectivity index (χ4n) is 1.40. The molecule has 0 fully saturated rings. The van der Waals surface area contributed by atoms with Crippen LogP contribution in [0.2, 0.25) is 0 Å². The smallest absolute Gasteiger partial charge is 0.390 e. The first kappa shape index (κ1) is 13.6. The third-order valence-electron chi connectivity index (χ3n) is 2.26. The van der Waals surface area contributed by atoms with E-state index in [0.717, 1.165) is 16.6 Å². The van der Waals surface area contributed by atoms with Gasteiger partial charge >= 0.3 is 5.95 Å². The zero-order chi connectivity index (χ0) is 14.4. The summed E-state index contributed by atoms with van der Waals surface area (Å²) in [5.74, 6) is -1.04. The molecule has 1 aromatic carbocycles. The minimum Gasteiger partial charge on any atom is -0.390 e. The van der Waals surface area contributed by atoms with Gasteiger partial charge in [-0.05, 0) is 10.5 Å². The van der Waals surface area contributed by atoms with Gasteiger partial charge in [0.15, 0.2) is 0 Å². The van der Waals surface area contributed by atoms with Gasteiger partial charge in [0.1, 0.15) is 6.54 Å². The van der Waals surface area contributed by atoms with Gasteiger partial charge in [0.05, 0.1) is 6.61 Å². The molecule has 0 aliphatic rings. The number of hydrogen-bond donors (Lipinski definition) is 1. The number of hydroxylamine groups is 1. The fraction of sp³-hybridized carbons (Fsp3) is 0.182. The van der Waals surface area contributed by atoms with Crippen molar-refractivity contribution in [3.63, 3.8) is 0 Å². The summed E-state index contributed by atoms with van der Waals surface area (Å²) >= 11 is 0. The summed E-state index contributed by atoms with van der Waals surface area (Å²) in [6, 6.07) is 9.30. The first-order valence-electron chi connectivity index (χ1n) is 5.63. The molecule has 0 atom stereocenters. The number of nitro groups is 1. The molecule has 2 aromatic rings. The third kappa shape index (κ3) is 3.85. The molecule has 0 saturated heterocycles. The first-order chi connectivity index (χ1) is 9.65. The number of carbonyl (C=O) groups is 1. The van der Waals surface area contributed by atoms with Crippen LogP contribution in [0.5, 0.6) is 0 Å². The van der Waals surface area contributed by atoms with Gasteiger partial charge in [-0.15, -0.1) is 0 Å². The van der Waals surface area contributed by atoms with Crippen LogP contribution in [0.25, 0.3) is 0 Å². The van der Waals surface area contributed by atoms with E-state index in [1.807, 2.05) is 30.3 Å². The van der Waals surface area contributed by atoms with E-state index in [1.165, 1.54) is 0 Å². The summed E-state index contributed by atoms with van der Waals surface area (Å²) in [7, 11) is 0. The van der Waals surface area contributed by atoms with Crippen molar-refractivity contribution in [3.8, 4) is 0 Å². The Kier molecular flexibility index (Phi) is 4.35. The molecule has 2 rings (SSSR count). The molecule has 104 valence electrons. The van der Waals surface area contributed by atoms with E-state index in [0.29, 0.717) is 0 Å². The molecule has 1 N–H and O–H groups in total. The van der Waals surface area contributed by atoms with Crippen molar-refractivity contribution < 1.29 is 14.6 Å². The monoisotopic (exact) mass is 277 g/mol. The molecule has 0 unspecified atom stereocenters. The van der Waals surface area contributed by atoms with Gasteiger partial charge in [-0.1, -0.05) is 35.3 Å². The lowest BCUT2D eigenvalue weighted by molar-refractivity contribution is -0.394. The Bertz CT molecular complexity index is 598. The van der Waals surface area contributed by atoms with Crippen LogP contribution in [-0.4, -0.2) is 25.6 Å². The second-order valence-electron chi connectivity index (χ2n) is 3.80. The molecular weight excluding hydrogens is 266 g/mol. The summed E-state index contributed by atoms with van der Waals surface area (Å²) in [5.41, 5.74) is 3.13. The maximum absolute atomic E-state index is 11.5. The number of carbonyl (C=O) groups excluding carboxylic acids is 1. The average Bonchev–Trinajstić information content (AvgIpc) is 2.88. The molecule has 1 heterocycles. The lowest BCUT2D eigenvalue weighted by atomic mass is 10.2. The van der Waals surface area contributed by atoms with Crippen molar-refractivity contribution in [1.82, 2.24) is 20.2 Å². The van der Waals surface area contributed by atoms with E-state index in [9.17, 15) is 14.9 Å². The van der Waals surface area contributed by atoms with Crippen LogP contribution in [0, 0.1) is 10.1 Å². The van der Waals surface area contributed by atoms with Crippen LogP contribution in [-0.2, 0) is 22.8 Å². The molecule has 1 aromatic heterocycles. The minimum absolute atomic E-state index is 0.213. The topological polar surface area (TPSA) is 112 Å². The van der Waals surface area contributed by atoms with Crippen LogP contribution in [0.15, 0.2) is 36.7 Å². The molecular formula is C11H11N5O4. The molecule has 0 aliphatic heterocycles. The van der Waals surface area contributed by atoms with E-state index in [2.05, 4.69) is 15.6 Å². The Morgan fingerprint density at radius 2 is 2.15 bits per heavy atom. The third-order valence-corrected chi connectivity index (χ3v) is 2.26. The Morgan fingerprint density at radius 1 is 1.40 bits per heavy atom. The van der Waals surface area contributed by atoms with Crippen molar-refractivity contribution in [2.45, 2.75) is 13.2 Å². The summed E-state index contributed by atoms with van der Waals surface area (Å²) in [4.78, 5) is 29.6. The van der Waals surface area contributed by atoms with Gasteiger partial charge in [-0.2, -0.15) is 4.68 Å². The molecule has 20 heavy (non-hydrogen) atoms. The van der Waals surface area contributed by atoms with E-state index < -0.39 is 16.8 Å². The number of nitrogens with zero attached hydrogens (tertiary/aromatic N) is 4. The molecule has 0 aliphatic carbocycles. The number of rotatable bonds is 6. The first-order valence-corrected chi connectivity index (χ1v) is 5.63. The van der Waals surface area contributed by atoms with Gasteiger partial charge in [0, 0.05) is 5.10 Å². The summed E-state index contributed by atoms with van der Waals surface area (Å²) in [6.45, 7) is 0.0136. The van der Waals surface area contributed by atoms with Gasteiger partial charge in [-0.3, -0.25) is 9.63 Å². The van der Waals surface area contributed by atoms with E-state index >= 15 is 0 Å². The summed E-state index contributed by atoms with van der Waals surface area (Å²) < 4.78 is 1.05. The van der Waals surface area contributed by atoms with Crippen LogP contribution in [0.3, 0.4) is 0 Å². The van der Waals surface area contributed by atoms with Crippen molar-refractivity contribution >= 4 is 11.9 Å². The van der Waals surface area contributed by atoms with Crippen molar-refractivity contribution in [2.24, 2.45) is 0 Å². The molecule has 0 spiro atoms. The number of hydrogen-bond acceptors (Lipinski definition) is 6. The van der Waals surface area contributed by atoms with E-state index in [4.69, 9.17) is 4.84 Å². The fourth-order valence-corrected chi connectivity index (χ4v) is 1.40. The molecule has 1 amide bonds. The number of nitrogens with one attached hydrogen (secondary N) is 1. The summed E-state index contributed by atoms with van der Waals surface area (Å²) in [5, 5.41) is 13.9. The quantitative estimate of drug-likeness (QED) is 0.605. The van der Waals surface area contributed by atoms with Gasteiger partial charge in [0.25, 0.3) is 5.91 Å². The lowest BCUT2D eigenvalue weighted by Crippen LogP contribution is -2.27. The molecule has 0 saturated carbocycles. The molecule has 0 bridgehead atoms. The minimum atomic E-state index is -0.736. The Balaban J connectivity index is 1.76. The van der Waals surface area contributed by atoms with Crippen molar-refractivity contribution in [3.05, 3.63) is 52.3 Å². The molecule has 0 radical (unpaired) electrons. The second-order valence-corrected chi connectivity index (χ2v) is 3.80. The number of aromatic nitrogens is 3. The zero-order valence-corrected chi connectivity index (χ0v) is 10.3. The highest BCUT2D eigenvalue weighted by Crippen LogP contribution is 2.00. The largest absolute Gasteiger partial charge is 0.490 e. The predicted molar refractivity (Wildman–Crippen MR) is 66.1 cm³/mol. The van der Waals surface area contributed by atoms with Gasteiger partial charge < -0.3 is 10.1 Å². The number of amides is 1. The van der Waals surface area contributed by atoms with E-state index in [1.54, 1.807) is 0 Å². The average molecular weight is 277 g/mol. The van der Waals surface area contributed by atoms with Crippen LogP contribution in [0.1, 0.15) is 5.56 Å². The molecule has 9 nitrogen and oxygen atoms in total. The van der Waals surface area contributed by atoms with Crippen LogP contribution in [0.4, 0.5) is 5.95 Å². The SMILES string of the molecule is O=C(Cn1cnc([N+](=O)[O-])n1)NOCc1ccccc1. The predicted octanol–water partition coefficient (Wildman–Crippen LogP) is 0.434. The maximum atomic E-state index is 11.5. The van der Waals surface area contributed by atoms with Crippen LogP contribution < -0.4 is 5.48 Å². The normalized spacial score (nSPS) is 10.2. The number of benzene rings is 1. The highest BCUT2D eigenvalue weighted by atomic mass is 16.7.